The predicted molar refractivity (Wildman–Crippen MR) is 102 cm³/mol. The molecule has 6 nitrogen and oxygen atoms in total. The van der Waals surface area contributed by atoms with Crippen LogP contribution in [-0.2, 0) is 17.8 Å². The van der Waals surface area contributed by atoms with Crippen LogP contribution < -0.4 is 0 Å². The lowest BCUT2D eigenvalue weighted by Gasteiger charge is -2.20. The second kappa shape index (κ2) is 9.08. The molecule has 0 aliphatic rings. The fraction of sp³-hybridized carbons (Fsp3) is 0.286. The van der Waals surface area contributed by atoms with Crippen molar-refractivity contribution in [3.05, 3.63) is 71.1 Å². The molecule has 0 aliphatic carbocycles. The summed E-state index contributed by atoms with van der Waals surface area (Å²) in [6.07, 6.45) is 0. The molecule has 3 rings (SSSR count). The van der Waals surface area contributed by atoms with Crippen LogP contribution >= 0.6 is 0 Å². The zero-order valence-electron chi connectivity index (χ0n) is 15.6. The normalized spacial score (nSPS) is 10.9. The molecule has 0 atom stereocenters. The smallest absolute Gasteiger partial charge is 0.247 e. The highest BCUT2D eigenvalue weighted by atomic mass is 16.5. The highest BCUT2D eigenvalue weighted by Crippen LogP contribution is 2.19. The molecule has 0 saturated carbocycles. The molecular weight excluding hydrogens is 340 g/mol. The van der Waals surface area contributed by atoms with Gasteiger partial charge in [0.05, 0.1) is 24.8 Å². The van der Waals surface area contributed by atoms with Crippen LogP contribution in [-0.4, -0.2) is 35.4 Å². The Balaban J connectivity index is 1.70. The number of hydrogen-bond acceptors (Lipinski definition) is 6. The summed E-state index contributed by atoms with van der Waals surface area (Å²) >= 11 is 0. The first-order valence-electron chi connectivity index (χ1n) is 8.77. The van der Waals surface area contributed by atoms with Gasteiger partial charge in [-0.05, 0) is 36.8 Å². The molecular formula is C21H22N4O2. The van der Waals surface area contributed by atoms with Crippen molar-refractivity contribution in [3.8, 4) is 17.5 Å². The average Bonchev–Trinajstić information content (AvgIpc) is 3.15. The molecule has 0 spiro atoms. The molecule has 6 heteroatoms. The first kappa shape index (κ1) is 18.8. The van der Waals surface area contributed by atoms with Crippen LogP contribution in [0.2, 0.25) is 0 Å². The van der Waals surface area contributed by atoms with E-state index in [1.54, 1.807) is 7.11 Å². The molecule has 0 amide bonds. The van der Waals surface area contributed by atoms with E-state index in [1.807, 2.05) is 55.5 Å². The molecule has 0 aliphatic heterocycles. The lowest BCUT2D eigenvalue weighted by molar-refractivity contribution is 0.134. The van der Waals surface area contributed by atoms with Gasteiger partial charge in [-0.1, -0.05) is 29.8 Å². The molecule has 0 saturated heterocycles. The summed E-state index contributed by atoms with van der Waals surface area (Å²) in [7, 11) is 1.68. The van der Waals surface area contributed by atoms with Gasteiger partial charge in [-0.15, -0.1) is 10.2 Å². The van der Waals surface area contributed by atoms with Crippen molar-refractivity contribution in [2.45, 2.75) is 20.0 Å². The van der Waals surface area contributed by atoms with Gasteiger partial charge in [0.15, 0.2) is 0 Å². The second-order valence-electron chi connectivity index (χ2n) is 6.38. The van der Waals surface area contributed by atoms with Gasteiger partial charge in [0.1, 0.15) is 0 Å². The Hall–Kier alpha value is -3.01. The summed E-state index contributed by atoms with van der Waals surface area (Å²) in [6.45, 7) is 4.62. The molecule has 27 heavy (non-hydrogen) atoms. The highest BCUT2D eigenvalue weighted by Gasteiger charge is 2.13. The largest absolute Gasteiger partial charge is 0.419 e. The van der Waals surface area contributed by atoms with E-state index < -0.39 is 0 Å². The van der Waals surface area contributed by atoms with Crippen molar-refractivity contribution >= 4 is 0 Å². The van der Waals surface area contributed by atoms with E-state index in [4.69, 9.17) is 14.4 Å². The minimum Gasteiger partial charge on any atom is -0.419 e. The molecule has 0 bridgehead atoms. The first-order chi connectivity index (χ1) is 13.2. The van der Waals surface area contributed by atoms with Gasteiger partial charge in [0.2, 0.25) is 11.8 Å². The molecule has 0 radical (unpaired) electrons. The van der Waals surface area contributed by atoms with Crippen LogP contribution in [0.4, 0.5) is 0 Å². The van der Waals surface area contributed by atoms with Gasteiger partial charge < -0.3 is 9.15 Å². The average molecular weight is 362 g/mol. The molecule has 0 unspecified atom stereocenters. The number of hydrogen-bond donors (Lipinski definition) is 0. The summed E-state index contributed by atoms with van der Waals surface area (Å²) in [5.41, 5.74) is 3.87. The zero-order valence-corrected chi connectivity index (χ0v) is 15.6. The highest BCUT2D eigenvalue weighted by molar-refractivity contribution is 5.52. The molecule has 1 aromatic heterocycles. The Labute approximate surface area is 159 Å². The maximum Gasteiger partial charge on any atom is 0.247 e. The molecule has 3 aromatic rings. The quantitative estimate of drug-likeness (QED) is 0.610. The van der Waals surface area contributed by atoms with Gasteiger partial charge >= 0.3 is 0 Å². The predicted octanol–water partition coefficient (Wildman–Crippen LogP) is 3.57. The van der Waals surface area contributed by atoms with Gasteiger partial charge in [-0.25, -0.2) is 0 Å². The SMILES string of the molecule is COCCN(Cc1ccc(C#N)cc1)Cc1nnc(-c2ccc(C)cc2)o1. The minimum absolute atomic E-state index is 0.523. The number of benzene rings is 2. The fourth-order valence-corrected chi connectivity index (χ4v) is 2.70. The van der Waals surface area contributed by atoms with Crippen molar-refractivity contribution < 1.29 is 9.15 Å². The second-order valence-corrected chi connectivity index (χ2v) is 6.38. The van der Waals surface area contributed by atoms with Crippen molar-refractivity contribution in [2.24, 2.45) is 0 Å². The Kier molecular flexibility index (Phi) is 6.31. The number of aromatic nitrogens is 2. The zero-order chi connectivity index (χ0) is 19.1. The van der Waals surface area contributed by atoms with E-state index in [1.165, 1.54) is 5.56 Å². The van der Waals surface area contributed by atoms with E-state index in [9.17, 15) is 0 Å². The number of aryl methyl sites for hydroxylation is 1. The van der Waals surface area contributed by atoms with E-state index in [0.29, 0.717) is 37.0 Å². The molecule has 0 fully saturated rings. The van der Waals surface area contributed by atoms with Crippen LogP contribution in [0.1, 0.15) is 22.6 Å². The van der Waals surface area contributed by atoms with E-state index in [0.717, 1.165) is 17.7 Å². The topological polar surface area (TPSA) is 75.2 Å². The summed E-state index contributed by atoms with van der Waals surface area (Å²) in [5.74, 6) is 1.09. The number of ether oxygens (including phenoxy) is 1. The third kappa shape index (κ3) is 5.23. The van der Waals surface area contributed by atoms with Crippen LogP contribution in [0.5, 0.6) is 0 Å². The van der Waals surface area contributed by atoms with Gasteiger partial charge in [-0.2, -0.15) is 5.26 Å². The minimum atomic E-state index is 0.523. The van der Waals surface area contributed by atoms with Gasteiger partial charge in [0, 0.05) is 25.8 Å². The van der Waals surface area contributed by atoms with Gasteiger partial charge in [-0.3, -0.25) is 4.90 Å². The first-order valence-corrected chi connectivity index (χ1v) is 8.77. The van der Waals surface area contributed by atoms with Crippen LogP contribution in [0.25, 0.3) is 11.5 Å². The van der Waals surface area contributed by atoms with E-state index in [2.05, 4.69) is 21.2 Å². The van der Waals surface area contributed by atoms with Crippen LogP contribution in [0, 0.1) is 18.3 Å². The molecule has 1 heterocycles. The summed E-state index contributed by atoms with van der Waals surface area (Å²) in [5, 5.41) is 17.3. The maximum atomic E-state index is 8.93. The summed E-state index contributed by atoms with van der Waals surface area (Å²) in [4.78, 5) is 2.18. The number of nitriles is 1. The Morgan fingerprint density at radius 3 is 2.44 bits per heavy atom. The van der Waals surface area contributed by atoms with Crippen molar-refractivity contribution in [1.82, 2.24) is 15.1 Å². The lowest BCUT2D eigenvalue weighted by Crippen LogP contribution is -2.26. The fourth-order valence-electron chi connectivity index (χ4n) is 2.70. The standard InChI is InChI=1S/C21H22N4O2/c1-16-3-9-19(10-4-16)21-24-23-20(27-21)15-25(11-12-26-2)14-18-7-5-17(13-22)6-8-18/h3-10H,11-12,14-15H2,1-2H3. The van der Waals surface area contributed by atoms with Crippen molar-refractivity contribution in [3.63, 3.8) is 0 Å². The molecule has 0 N–H and O–H groups in total. The Morgan fingerprint density at radius 2 is 1.78 bits per heavy atom. The van der Waals surface area contributed by atoms with Crippen LogP contribution in [0.15, 0.2) is 52.9 Å². The number of rotatable bonds is 8. The van der Waals surface area contributed by atoms with E-state index in [-0.39, 0.29) is 0 Å². The third-order valence-electron chi connectivity index (χ3n) is 4.23. The summed E-state index contributed by atoms with van der Waals surface area (Å²) in [6, 6.07) is 17.7. The maximum absolute atomic E-state index is 8.93. The monoisotopic (exact) mass is 362 g/mol. The van der Waals surface area contributed by atoms with Crippen molar-refractivity contribution in [1.29, 1.82) is 5.26 Å². The molecule has 2 aromatic carbocycles. The Morgan fingerprint density at radius 1 is 1.04 bits per heavy atom. The molecule has 138 valence electrons. The van der Waals surface area contributed by atoms with Gasteiger partial charge in [0.25, 0.3) is 0 Å². The number of nitrogens with zero attached hydrogens (tertiary/aromatic N) is 4. The van der Waals surface area contributed by atoms with Crippen molar-refractivity contribution in [2.75, 3.05) is 20.3 Å². The Bertz CT molecular complexity index is 895. The third-order valence-corrected chi connectivity index (χ3v) is 4.23. The lowest BCUT2D eigenvalue weighted by atomic mass is 10.1. The summed E-state index contributed by atoms with van der Waals surface area (Å²) < 4.78 is 11.1. The van der Waals surface area contributed by atoms with Crippen LogP contribution in [0.3, 0.4) is 0 Å². The number of methoxy groups -OCH3 is 1. The van der Waals surface area contributed by atoms with E-state index >= 15 is 0 Å².